The van der Waals surface area contributed by atoms with Gasteiger partial charge in [-0.05, 0) is 43.2 Å². The van der Waals surface area contributed by atoms with Crippen LogP contribution in [0.3, 0.4) is 0 Å². The highest BCUT2D eigenvalue weighted by Crippen LogP contribution is 2.13. The van der Waals surface area contributed by atoms with Gasteiger partial charge in [0.05, 0.1) is 19.9 Å². The van der Waals surface area contributed by atoms with Gasteiger partial charge in [0.25, 0.3) is 5.91 Å². The molecule has 1 aromatic carbocycles. The fraction of sp³-hybridized carbons (Fsp3) is 0.250. The summed E-state index contributed by atoms with van der Waals surface area (Å²) >= 11 is 0. The topological polar surface area (TPSA) is 89.3 Å². The van der Waals surface area contributed by atoms with Gasteiger partial charge in [0.1, 0.15) is 28.8 Å². The second kappa shape index (κ2) is 8.84. The van der Waals surface area contributed by atoms with E-state index in [-0.39, 0.29) is 5.91 Å². The van der Waals surface area contributed by atoms with E-state index in [1.54, 1.807) is 26.4 Å². The predicted octanol–water partition coefficient (Wildman–Crippen LogP) is 2.97. The number of anilines is 1. The highest BCUT2D eigenvalue weighted by Gasteiger charge is 2.10. The fourth-order valence-corrected chi connectivity index (χ4v) is 2.60. The van der Waals surface area contributed by atoms with Crippen molar-refractivity contribution in [1.29, 1.82) is 0 Å². The Labute approximate surface area is 157 Å². The van der Waals surface area contributed by atoms with Crippen molar-refractivity contribution in [2.75, 3.05) is 19.0 Å². The molecule has 0 spiro atoms. The second-order valence-electron chi connectivity index (χ2n) is 5.98. The molecular formula is C20H22N4O3. The van der Waals surface area contributed by atoms with Crippen LogP contribution in [0.4, 0.5) is 5.82 Å². The lowest BCUT2D eigenvalue weighted by Gasteiger charge is -2.09. The molecule has 2 heterocycles. The largest absolute Gasteiger partial charge is 0.497 e. The van der Waals surface area contributed by atoms with Crippen LogP contribution in [0, 0.1) is 6.92 Å². The molecule has 3 aromatic rings. The SMILES string of the molecule is COc1cccc(CCNC(=O)c2cc(NCc3ccco3)nc(C)n2)c1. The Morgan fingerprint density at radius 2 is 2.07 bits per heavy atom. The highest BCUT2D eigenvalue weighted by molar-refractivity contribution is 5.92. The van der Waals surface area contributed by atoms with Gasteiger partial charge < -0.3 is 19.8 Å². The van der Waals surface area contributed by atoms with Gasteiger partial charge in [0.15, 0.2) is 0 Å². The van der Waals surface area contributed by atoms with Gasteiger partial charge in [-0.25, -0.2) is 9.97 Å². The maximum absolute atomic E-state index is 12.4. The minimum absolute atomic E-state index is 0.232. The number of hydrogen-bond donors (Lipinski definition) is 2. The zero-order chi connectivity index (χ0) is 19.1. The first-order valence-electron chi connectivity index (χ1n) is 8.67. The van der Waals surface area contributed by atoms with Crippen LogP contribution in [0.15, 0.2) is 53.1 Å². The molecule has 140 valence electrons. The summed E-state index contributed by atoms with van der Waals surface area (Å²) in [6.07, 6.45) is 2.32. The first kappa shape index (κ1) is 18.4. The number of carbonyl (C=O) groups excluding carboxylic acids is 1. The first-order chi connectivity index (χ1) is 13.1. The van der Waals surface area contributed by atoms with Gasteiger partial charge in [0, 0.05) is 12.6 Å². The lowest BCUT2D eigenvalue weighted by molar-refractivity contribution is 0.0949. The lowest BCUT2D eigenvalue weighted by Crippen LogP contribution is -2.27. The van der Waals surface area contributed by atoms with Gasteiger partial charge in [-0.1, -0.05) is 12.1 Å². The summed E-state index contributed by atoms with van der Waals surface area (Å²) in [7, 11) is 1.63. The van der Waals surface area contributed by atoms with Gasteiger partial charge in [-0.3, -0.25) is 4.79 Å². The van der Waals surface area contributed by atoms with Crippen LogP contribution in [0.1, 0.15) is 27.6 Å². The Morgan fingerprint density at radius 3 is 2.85 bits per heavy atom. The monoisotopic (exact) mass is 366 g/mol. The second-order valence-corrected chi connectivity index (χ2v) is 5.98. The maximum atomic E-state index is 12.4. The fourth-order valence-electron chi connectivity index (χ4n) is 2.60. The van der Waals surface area contributed by atoms with E-state index in [1.807, 2.05) is 36.4 Å². The van der Waals surface area contributed by atoms with Crippen LogP contribution >= 0.6 is 0 Å². The molecule has 0 aliphatic rings. The summed E-state index contributed by atoms with van der Waals surface area (Å²) < 4.78 is 10.5. The van der Waals surface area contributed by atoms with E-state index in [1.165, 1.54) is 0 Å². The van der Waals surface area contributed by atoms with E-state index < -0.39 is 0 Å². The van der Waals surface area contributed by atoms with Crippen LogP contribution in [0.2, 0.25) is 0 Å². The van der Waals surface area contributed by atoms with Crippen molar-refractivity contribution in [2.24, 2.45) is 0 Å². The highest BCUT2D eigenvalue weighted by atomic mass is 16.5. The normalized spacial score (nSPS) is 10.4. The molecule has 0 radical (unpaired) electrons. The molecule has 0 aliphatic heterocycles. The number of carbonyl (C=O) groups is 1. The van der Waals surface area contributed by atoms with E-state index in [2.05, 4.69) is 20.6 Å². The first-order valence-corrected chi connectivity index (χ1v) is 8.67. The number of ether oxygens (including phenoxy) is 1. The minimum atomic E-state index is -0.232. The van der Waals surface area contributed by atoms with Crippen LogP contribution in [0.5, 0.6) is 5.75 Å². The van der Waals surface area contributed by atoms with E-state index in [0.29, 0.717) is 36.8 Å². The summed E-state index contributed by atoms with van der Waals surface area (Å²) in [5.74, 6) is 2.46. The van der Waals surface area contributed by atoms with Crippen molar-refractivity contribution in [1.82, 2.24) is 15.3 Å². The molecule has 0 saturated carbocycles. The van der Waals surface area contributed by atoms with Crippen molar-refractivity contribution in [3.63, 3.8) is 0 Å². The summed E-state index contributed by atoms with van der Waals surface area (Å²) in [6.45, 7) is 2.75. The number of benzene rings is 1. The number of nitrogens with zero attached hydrogens (tertiary/aromatic N) is 2. The third-order valence-electron chi connectivity index (χ3n) is 3.93. The predicted molar refractivity (Wildman–Crippen MR) is 102 cm³/mol. The van der Waals surface area contributed by atoms with Crippen molar-refractivity contribution in [2.45, 2.75) is 19.9 Å². The molecule has 0 bridgehead atoms. The Kier molecular flexibility index (Phi) is 6.04. The van der Waals surface area contributed by atoms with Gasteiger partial charge in [-0.15, -0.1) is 0 Å². The van der Waals surface area contributed by atoms with Crippen molar-refractivity contribution < 1.29 is 13.9 Å². The molecule has 0 atom stereocenters. The number of rotatable bonds is 8. The average molecular weight is 366 g/mol. The van der Waals surface area contributed by atoms with E-state index in [9.17, 15) is 4.79 Å². The van der Waals surface area contributed by atoms with Crippen LogP contribution in [0.25, 0.3) is 0 Å². The lowest BCUT2D eigenvalue weighted by atomic mass is 10.1. The number of furan rings is 1. The maximum Gasteiger partial charge on any atom is 0.270 e. The summed E-state index contributed by atoms with van der Waals surface area (Å²) in [6, 6.07) is 13.1. The molecular weight excluding hydrogens is 344 g/mol. The average Bonchev–Trinajstić information content (AvgIpc) is 3.20. The minimum Gasteiger partial charge on any atom is -0.497 e. The summed E-state index contributed by atoms with van der Waals surface area (Å²) in [5, 5.41) is 6.03. The van der Waals surface area contributed by atoms with E-state index >= 15 is 0 Å². The van der Waals surface area contributed by atoms with Crippen molar-refractivity contribution >= 4 is 11.7 Å². The zero-order valence-electron chi connectivity index (χ0n) is 15.4. The zero-order valence-corrected chi connectivity index (χ0v) is 15.4. The molecule has 7 heteroatoms. The number of aromatic nitrogens is 2. The molecule has 0 fully saturated rings. The van der Waals surface area contributed by atoms with E-state index in [0.717, 1.165) is 17.1 Å². The molecule has 27 heavy (non-hydrogen) atoms. The third-order valence-corrected chi connectivity index (χ3v) is 3.93. The molecule has 2 N–H and O–H groups in total. The van der Waals surface area contributed by atoms with E-state index in [4.69, 9.17) is 9.15 Å². The van der Waals surface area contributed by atoms with Gasteiger partial charge >= 0.3 is 0 Å². The Hall–Kier alpha value is -3.35. The number of nitrogens with one attached hydrogen (secondary N) is 2. The van der Waals surface area contributed by atoms with Crippen molar-refractivity contribution in [3.8, 4) is 5.75 Å². The summed E-state index contributed by atoms with van der Waals surface area (Å²) in [5.41, 5.74) is 1.42. The van der Waals surface area contributed by atoms with Gasteiger partial charge in [0.2, 0.25) is 0 Å². The smallest absolute Gasteiger partial charge is 0.270 e. The van der Waals surface area contributed by atoms with Gasteiger partial charge in [-0.2, -0.15) is 0 Å². The van der Waals surface area contributed by atoms with Crippen LogP contribution in [-0.2, 0) is 13.0 Å². The number of aryl methyl sites for hydroxylation is 1. The number of hydrogen-bond acceptors (Lipinski definition) is 6. The summed E-state index contributed by atoms with van der Waals surface area (Å²) in [4.78, 5) is 21.0. The Balaban J connectivity index is 1.57. The third kappa shape index (κ3) is 5.31. The van der Waals surface area contributed by atoms with Crippen LogP contribution < -0.4 is 15.4 Å². The number of amides is 1. The standard InChI is InChI=1S/C20H22N4O3/c1-14-23-18(12-19(24-14)22-13-17-7-4-10-27-17)20(25)21-9-8-15-5-3-6-16(11-15)26-2/h3-7,10-12H,8-9,13H2,1-2H3,(H,21,25)(H,22,23,24). The molecule has 7 nitrogen and oxygen atoms in total. The molecule has 0 aliphatic carbocycles. The molecule has 2 aromatic heterocycles. The molecule has 3 rings (SSSR count). The quantitative estimate of drug-likeness (QED) is 0.637. The van der Waals surface area contributed by atoms with Crippen molar-refractivity contribution in [3.05, 3.63) is 71.6 Å². The Bertz CT molecular complexity index is 894. The molecule has 0 unspecified atom stereocenters. The molecule has 0 saturated heterocycles. The Morgan fingerprint density at radius 1 is 1.19 bits per heavy atom. The number of methoxy groups -OCH3 is 1. The van der Waals surface area contributed by atoms with Crippen LogP contribution in [-0.4, -0.2) is 29.5 Å². The molecule has 1 amide bonds.